The summed E-state index contributed by atoms with van der Waals surface area (Å²) in [4.78, 5) is 0. The zero-order valence-electron chi connectivity index (χ0n) is 18.3. The van der Waals surface area contributed by atoms with Crippen molar-refractivity contribution in [2.75, 3.05) is 0 Å². The largest absolute Gasteiger partial charge is 0.508 e. The summed E-state index contributed by atoms with van der Waals surface area (Å²) in [5.74, 6) is -3.50. The molecule has 0 heterocycles. The molecule has 0 unspecified atom stereocenters. The summed E-state index contributed by atoms with van der Waals surface area (Å²) in [6, 6.07) is 2.24. The summed E-state index contributed by atoms with van der Waals surface area (Å²) < 4.78 is 162. The van der Waals surface area contributed by atoms with Crippen molar-refractivity contribution in [1.82, 2.24) is 0 Å². The van der Waals surface area contributed by atoms with Gasteiger partial charge in [-0.15, -0.1) is 0 Å². The standard InChI is InChI=1S/C21H16F12O4/c1-15(2,9-6-7-12(34)11(8-9)16(36,18(22,23)24)19(25,26)27)10-4-3-5-13(35)14(10)17(37,20(28,29)30)21(31,32)33/h3-8,34-37H,1-2H3. The molecule has 16 heteroatoms. The van der Waals surface area contributed by atoms with E-state index < -0.39 is 75.1 Å². The minimum absolute atomic E-state index is 0.107. The molecule has 0 aromatic heterocycles. The van der Waals surface area contributed by atoms with Gasteiger partial charge in [0.15, 0.2) is 0 Å². The van der Waals surface area contributed by atoms with E-state index in [1.165, 1.54) is 0 Å². The molecule has 0 aliphatic rings. The van der Waals surface area contributed by atoms with Crippen molar-refractivity contribution in [3.05, 3.63) is 58.7 Å². The lowest BCUT2D eigenvalue weighted by Crippen LogP contribution is -2.55. The summed E-state index contributed by atoms with van der Waals surface area (Å²) in [5, 5.41) is 39.2. The van der Waals surface area contributed by atoms with Crippen LogP contribution in [0.3, 0.4) is 0 Å². The maximum Gasteiger partial charge on any atom is 0.430 e. The zero-order chi connectivity index (χ0) is 29.2. The Balaban J connectivity index is 2.98. The highest BCUT2D eigenvalue weighted by molar-refractivity contribution is 5.54. The number of benzene rings is 2. The number of rotatable bonds is 4. The van der Waals surface area contributed by atoms with E-state index in [-0.39, 0.29) is 12.1 Å². The summed E-state index contributed by atoms with van der Waals surface area (Å²) in [6.07, 6.45) is -26.0. The third-order valence-corrected chi connectivity index (χ3v) is 5.83. The van der Waals surface area contributed by atoms with Crippen molar-refractivity contribution in [2.24, 2.45) is 0 Å². The van der Waals surface area contributed by atoms with Gasteiger partial charge in [0.05, 0.1) is 0 Å². The van der Waals surface area contributed by atoms with Crippen LogP contribution in [0.5, 0.6) is 11.5 Å². The SMILES string of the molecule is CC(C)(c1ccc(O)c(C(O)(C(F)(F)F)C(F)(F)F)c1)c1cccc(O)c1C(O)(C(F)(F)F)C(F)(F)F. The van der Waals surface area contributed by atoms with Crippen molar-refractivity contribution in [3.63, 3.8) is 0 Å². The molecule has 0 bridgehead atoms. The third-order valence-electron chi connectivity index (χ3n) is 5.83. The highest BCUT2D eigenvalue weighted by Crippen LogP contribution is 2.56. The Morgan fingerprint density at radius 3 is 1.38 bits per heavy atom. The minimum Gasteiger partial charge on any atom is -0.508 e. The molecule has 0 aliphatic carbocycles. The van der Waals surface area contributed by atoms with Crippen molar-refractivity contribution in [1.29, 1.82) is 0 Å². The van der Waals surface area contributed by atoms with Crippen molar-refractivity contribution >= 4 is 0 Å². The molecule has 0 saturated carbocycles. The lowest BCUT2D eigenvalue weighted by Gasteiger charge is -2.38. The van der Waals surface area contributed by atoms with Gasteiger partial charge in [-0.2, -0.15) is 52.7 Å². The van der Waals surface area contributed by atoms with E-state index in [0.29, 0.717) is 24.3 Å². The first kappa shape index (κ1) is 30.3. The van der Waals surface area contributed by atoms with Crippen molar-refractivity contribution in [3.8, 4) is 11.5 Å². The summed E-state index contributed by atoms with van der Waals surface area (Å²) in [6.45, 7) is 1.52. The second-order valence-corrected chi connectivity index (χ2v) is 8.47. The Morgan fingerprint density at radius 2 is 0.973 bits per heavy atom. The fraction of sp³-hybridized carbons (Fsp3) is 0.429. The summed E-state index contributed by atoms with van der Waals surface area (Å²) in [7, 11) is 0. The molecule has 0 atom stereocenters. The Hall–Kier alpha value is -2.88. The van der Waals surface area contributed by atoms with Gasteiger partial charge in [-0.3, -0.25) is 0 Å². The number of hydrogen-bond donors (Lipinski definition) is 4. The van der Waals surface area contributed by atoms with Crippen LogP contribution < -0.4 is 0 Å². The van der Waals surface area contributed by atoms with E-state index >= 15 is 0 Å². The smallest absolute Gasteiger partial charge is 0.430 e. The minimum atomic E-state index is -6.51. The van der Waals surface area contributed by atoms with Crippen LogP contribution in [0.4, 0.5) is 52.7 Å². The Kier molecular flexibility index (Phi) is 7.03. The predicted molar refractivity (Wildman–Crippen MR) is 100 cm³/mol. The van der Waals surface area contributed by atoms with Gasteiger partial charge in [0.2, 0.25) is 0 Å². The first-order valence-electron chi connectivity index (χ1n) is 9.64. The zero-order valence-corrected chi connectivity index (χ0v) is 18.3. The average molecular weight is 560 g/mol. The van der Waals surface area contributed by atoms with E-state index in [2.05, 4.69) is 0 Å². The molecule has 0 spiro atoms. The fourth-order valence-electron chi connectivity index (χ4n) is 3.72. The topological polar surface area (TPSA) is 80.9 Å². The second-order valence-electron chi connectivity index (χ2n) is 8.47. The van der Waals surface area contributed by atoms with Crippen LogP contribution in [0.15, 0.2) is 36.4 Å². The van der Waals surface area contributed by atoms with Crippen molar-refractivity contribution < 1.29 is 73.1 Å². The van der Waals surface area contributed by atoms with Gasteiger partial charge in [-0.05, 0) is 29.3 Å². The van der Waals surface area contributed by atoms with Crippen molar-refractivity contribution in [2.45, 2.75) is 55.2 Å². The Bertz CT molecular complexity index is 1130. The molecule has 208 valence electrons. The van der Waals surface area contributed by atoms with Crippen LogP contribution >= 0.6 is 0 Å². The van der Waals surface area contributed by atoms with Gasteiger partial charge in [-0.1, -0.05) is 32.0 Å². The lowest BCUT2D eigenvalue weighted by molar-refractivity contribution is -0.377. The normalized spacial score (nSPS) is 14.7. The van der Waals surface area contributed by atoms with Crippen LogP contribution in [-0.4, -0.2) is 45.1 Å². The predicted octanol–water partition coefficient (Wildman–Crippen LogP) is 6.05. The number of halogens is 12. The third kappa shape index (κ3) is 4.53. The molecule has 2 rings (SSSR count). The number of hydrogen-bond acceptors (Lipinski definition) is 4. The molecule has 0 amide bonds. The molecule has 0 saturated heterocycles. The monoisotopic (exact) mass is 560 g/mol. The molecule has 0 radical (unpaired) electrons. The van der Waals surface area contributed by atoms with Gasteiger partial charge < -0.3 is 20.4 Å². The Morgan fingerprint density at radius 1 is 0.541 bits per heavy atom. The molecular formula is C21H16F12O4. The molecule has 0 aliphatic heterocycles. The number of aliphatic hydroxyl groups is 2. The first-order chi connectivity index (χ1) is 16.3. The van der Waals surface area contributed by atoms with Crippen LogP contribution in [-0.2, 0) is 16.6 Å². The van der Waals surface area contributed by atoms with Gasteiger partial charge >= 0.3 is 24.7 Å². The van der Waals surface area contributed by atoms with Crippen LogP contribution in [0, 0.1) is 0 Å². The van der Waals surface area contributed by atoms with Gasteiger partial charge in [0, 0.05) is 16.5 Å². The van der Waals surface area contributed by atoms with E-state index in [1.807, 2.05) is 0 Å². The molecule has 37 heavy (non-hydrogen) atoms. The average Bonchev–Trinajstić information content (AvgIpc) is 2.69. The maximum atomic E-state index is 13.6. The number of aromatic hydroxyl groups is 2. The summed E-state index contributed by atoms with van der Waals surface area (Å²) >= 11 is 0. The van der Waals surface area contributed by atoms with Gasteiger partial charge in [0.25, 0.3) is 11.2 Å². The fourth-order valence-corrected chi connectivity index (χ4v) is 3.72. The highest BCUT2D eigenvalue weighted by Gasteiger charge is 2.74. The van der Waals surface area contributed by atoms with E-state index in [4.69, 9.17) is 0 Å². The van der Waals surface area contributed by atoms with Gasteiger partial charge in [-0.25, -0.2) is 0 Å². The maximum absolute atomic E-state index is 13.6. The molecule has 4 N–H and O–H groups in total. The molecule has 4 nitrogen and oxygen atoms in total. The van der Waals surface area contributed by atoms with Crippen LogP contribution in [0.2, 0.25) is 0 Å². The van der Waals surface area contributed by atoms with Crippen LogP contribution in [0.1, 0.15) is 36.1 Å². The lowest BCUT2D eigenvalue weighted by atomic mass is 9.71. The Labute approximate surface area is 199 Å². The number of phenols is 2. The molecule has 2 aromatic carbocycles. The van der Waals surface area contributed by atoms with E-state index in [9.17, 15) is 73.1 Å². The number of alkyl halides is 12. The second kappa shape index (κ2) is 8.58. The molecular weight excluding hydrogens is 544 g/mol. The van der Waals surface area contributed by atoms with Gasteiger partial charge in [0.1, 0.15) is 11.5 Å². The first-order valence-corrected chi connectivity index (χ1v) is 9.64. The summed E-state index contributed by atoms with van der Waals surface area (Å²) in [5.41, 5.74) is -20.3. The molecule has 2 aromatic rings. The van der Waals surface area contributed by atoms with Crippen LogP contribution in [0.25, 0.3) is 0 Å². The van der Waals surface area contributed by atoms with E-state index in [0.717, 1.165) is 13.8 Å². The highest BCUT2D eigenvalue weighted by atomic mass is 19.4. The number of phenolic OH excluding ortho intramolecular Hbond substituents is 2. The molecule has 0 fully saturated rings. The quantitative estimate of drug-likeness (QED) is 0.344. The van der Waals surface area contributed by atoms with E-state index in [1.54, 1.807) is 0 Å².